The van der Waals surface area contributed by atoms with Gasteiger partial charge < -0.3 is 10.6 Å². The number of benzene rings is 1. The van der Waals surface area contributed by atoms with Gasteiger partial charge in [-0.1, -0.05) is 26.0 Å². The van der Waals surface area contributed by atoms with Gasteiger partial charge in [-0.25, -0.2) is 4.39 Å². The molecule has 0 unspecified atom stereocenters. The fourth-order valence-corrected chi connectivity index (χ4v) is 2.62. The standard InChI is InChI=1S/C18H23F4N5.HI/c1-17(2,13-6-5-7-14(19)8-13)11-25-16(23-3)24-9-12-10-27(4)26-15(12)18(20,21)22;/h5-8,10H,9,11H2,1-4H3,(H2,23,24,25);1H. The second kappa shape index (κ2) is 9.57. The van der Waals surface area contributed by atoms with E-state index >= 15 is 0 Å². The molecular formula is C18H24F4IN5. The van der Waals surface area contributed by atoms with Crippen molar-refractivity contribution in [3.05, 3.63) is 53.1 Å². The molecule has 10 heteroatoms. The Bertz CT molecular complexity index is 815. The summed E-state index contributed by atoms with van der Waals surface area (Å²) in [5.74, 6) is 0.0239. The van der Waals surface area contributed by atoms with Crippen LogP contribution in [0.4, 0.5) is 17.6 Å². The fourth-order valence-electron chi connectivity index (χ4n) is 2.62. The zero-order valence-electron chi connectivity index (χ0n) is 16.1. The van der Waals surface area contributed by atoms with E-state index in [0.29, 0.717) is 12.5 Å². The first-order valence-electron chi connectivity index (χ1n) is 8.33. The number of hydrogen-bond donors (Lipinski definition) is 2. The van der Waals surface area contributed by atoms with Crippen LogP contribution in [0, 0.1) is 5.82 Å². The molecule has 0 aliphatic carbocycles. The molecule has 5 nitrogen and oxygen atoms in total. The molecule has 0 aliphatic heterocycles. The first-order valence-corrected chi connectivity index (χ1v) is 8.33. The molecule has 2 aromatic rings. The van der Waals surface area contributed by atoms with Gasteiger partial charge in [0.15, 0.2) is 11.7 Å². The zero-order chi connectivity index (χ0) is 20.2. The van der Waals surface area contributed by atoms with Gasteiger partial charge in [-0.05, 0) is 17.7 Å². The highest BCUT2D eigenvalue weighted by Gasteiger charge is 2.36. The van der Waals surface area contributed by atoms with Crippen LogP contribution in [0.2, 0.25) is 0 Å². The van der Waals surface area contributed by atoms with Gasteiger partial charge in [0.05, 0.1) is 0 Å². The topological polar surface area (TPSA) is 54.2 Å². The average molecular weight is 513 g/mol. The Morgan fingerprint density at radius 2 is 1.89 bits per heavy atom. The number of rotatable bonds is 5. The lowest BCUT2D eigenvalue weighted by Gasteiger charge is -2.27. The van der Waals surface area contributed by atoms with Crippen LogP contribution < -0.4 is 10.6 Å². The maximum absolute atomic E-state index is 13.5. The van der Waals surface area contributed by atoms with E-state index in [9.17, 15) is 17.6 Å². The third-order valence-corrected chi connectivity index (χ3v) is 4.15. The minimum atomic E-state index is -4.52. The smallest absolute Gasteiger partial charge is 0.356 e. The van der Waals surface area contributed by atoms with Crippen molar-refractivity contribution in [1.82, 2.24) is 20.4 Å². The van der Waals surface area contributed by atoms with Crippen molar-refractivity contribution >= 4 is 29.9 Å². The summed E-state index contributed by atoms with van der Waals surface area (Å²) in [6, 6.07) is 6.30. The molecule has 2 N–H and O–H groups in total. The molecule has 156 valence electrons. The fraction of sp³-hybridized carbons (Fsp3) is 0.444. The maximum Gasteiger partial charge on any atom is 0.435 e. The van der Waals surface area contributed by atoms with Crippen molar-refractivity contribution in [2.75, 3.05) is 13.6 Å². The van der Waals surface area contributed by atoms with Crippen LogP contribution >= 0.6 is 24.0 Å². The highest BCUT2D eigenvalue weighted by Crippen LogP contribution is 2.30. The van der Waals surface area contributed by atoms with Crippen molar-refractivity contribution in [1.29, 1.82) is 0 Å². The summed E-state index contributed by atoms with van der Waals surface area (Å²) in [6.07, 6.45) is -3.20. The Morgan fingerprint density at radius 3 is 2.46 bits per heavy atom. The average Bonchev–Trinajstić information content (AvgIpc) is 2.96. The van der Waals surface area contributed by atoms with Crippen LogP contribution in [0.25, 0.3) is 0 Å². The molecule has 0 bridgehead atoms. The predicted molar refractivity (Wildman–Crippen MR) is 111 cm³/mol. The van der Waals surface area contributed by atoms with Gasteiger partial charge in [-0.3, -0.25) is 9.67 Å². The molecule has 0 fully saturated rings. The van der Waals surface area contributed by atoms with Crippen LogP contribution in [-0.2, 0) is 25.2 Å². The summed E-state index contributed by atoms with van der Waals surface area (Å²) < 4.78 is 53.6. The Balaban J connectivity index is 0.00000392. The van der Waals surface area contributed by atoms with Crippen molar-refractivity contribution in [2.45, 2.75) is 32.0 Å². The van der Waals surface area contributed by atoms with Gasteiger partial charge in [0.25, 0.3) is 0 Å². The molecule has 1 aromatic heterocycles. The largest absolute Gasteiger partial charge is 0.435 e. The minimum Gasteiger partial charge on any atom is -0.356 e. The number of alkyl halides is 3. The number of nitrogens with zero attached hydrogens (tertiary/aromatic N) is 3. The van der Waals surface area contributed by atoms with Gasteiger partial charge in [0.1, 0.15) is 5.82 Å². The first-order chi connectivity index (χ1) is 12.5. The first kappa shape index (κ1) is 24.2. The molecule has 0 radical (unpaired) electrons. The third kappa shape index (κ3) is 6.35. The van der Waals surface area contributed by atoms with Gasteiger partial charge >= 0.3 is 6.18 Å². The molecule has 0 saturated carbocycles. The summed E-state index contributed by atoms with van der Waals surface area (Å²) in [5.41, 5.74) is -0.507. The zero-order valence-corrected chi connectivity index (χ0v) is 18.4. The lowest BCUT2D eigenvalue weighted by molar-refractivity contribution is -0.142. The highest BCUT2D eigenvalue weighted by atomic mass is 127. The Labute approximate surface area is 178 Å². The number of hydrogen-bond acceptors (Lipinski definition) is 2. The predicted octanol–water partition coefficient (Wildman–Crippen LogP) is 3.84. The lowest BCUT2D eigenvalue weighted by Crippen LogP contribution is -2.43. The van der Waals surface area contributed by atoms with Crippen molar-refractivity contribution in [2.24, 2.45) is 12.0 Å². The number of aromatic nitrogens is 2. The molecule has 0 saturated heterocycles. The van der Waals surface area contributed by atoms with Crippen LogP contribution in [0.1, 0.15) is 30.7 Å². The highest BCUT2D eigenvalue weighted by molar-refractivity contribution is 14.0. The van der Waals surface area contributed by atoms with Crippen LogP contribution in [0.15, 0.2) is 35.5 Å². The van der Waals surface area contributed by atoms with E-state index in [2.05, 4.69) is 20.7 Å². The molecule has 2 rings (SSSR count). The quantitative estimate of drug-likeness (QED) is 0.277. The van der Waals surface area contributed by atoms with Gasteiger partial charge in [0, 0.05) is 44.4 Å². The normalized spacial score (nSPS) is 12.5. The second-order valence-corrected chi connectivity index (χ2v) is 6.85. The third-order valence-electron chi connectivity index (χ3n) is 4.15. The number of nitrogens with one attached hydrogen (secondary N) is 2. The monoisotopic (exact) mass is 513 g/mol. The van der Waals surface area contributed by atoms with Gasteiger partial charge in [-0.2, -0.15) is 18.3 Å². The SMILES string of the molecule is CN=C(NCc1cn(C)nc1C(F)(F)F)NCC(C)(C)c1cccc(F)c1.I. The molecule has 1 heterocycles. The van der Waals surface area contributed by atoms with Crippen LogP contribution in [0.5, 0.6) is 0 Å². The Hall–Kier alpha value is -1.85. The molecule has 0 amide bonds. The Morgan fingerprint density at radius 1 is 1.21 bits per heavy atom. The summed E-state index contributed by atoms with van der Waals surface area (Å²) >= 11 is 0. The van der Waals surface area contributed by atoms with E-state index in [1.165, 1.54) is 32.4 Å². The van der Waals surface area contributed by atoms with E-state index in [4.69, 9.17) is 0 Å². The van der Waals surface area contributed by atoms with Gasteiger partial charge in [0.2, 0.25) is 0 Å². The number of halogens is 5. The van der Waals surface area contributed by atoms with E-state index in [-0.39, 0.29) is 41.9 Å². The molecule has 0 spiro atoms. The number of guanidine groups is 1. The van der Waals surface area contributed by atoms with E-state index < -0.39 is 17.3 Å². The molecule has 1 aromatic carbocycles. The number of aliphatic imine (C=N–C) groups is 1. The molecule has 0 aliphatic rings. The summed E-state index contributed by atoms with van der Waals surface area (Å²) in [6.45, 7) is 4.20. The molecule has 0 atom stereocenters. The lowest BCUT2D eigenvalue weighted by atomic mass is 9.84. The van der Waals surface area contributed by atoms with Crippen molar-refractivity contribution < 1.29 is 17.6 Å². The maximum atomic E-state index is 13.5. The molecular weight excluding hydrogens is 489 g/mol. The van der Waals surface area contributed by atoms with Gasteiger partial charge in [-0.15, -0.1) is 24.0 Å². The van der Waals surface area contributed by atoms with Crippen molar-refractivity contribution in [3.63, 3.8) is 0 Å². The minimum absolute atomic E-state index is 0. The number of aryl methyl sites for hydroxylation is 1. The molecule has 28 heavy (non-hydrogen) atoms. The second-order valence-electron chi connectivity index (χ2n) is 6.85. The summed E-state index contributed by atoms with van der Waals surface area (Å²) in [5, 5.41) is 9.40. The summed E-state index contributed by atoms with van der Waals surface area (Å²) in [7, 11) is 2.96. The van der Waals surface area contributed by atoms with Crippen LogP contribution in [0.3, 0.4) is 0 Å². The van der Waals surface area contributed by atoms with E-state index in [1.807, 2.05) is 19.9 Å². The Kier molecular flexibility index (Phi) is 8.27. The van der Waals surface area contributed by atoms with E-state index in [1.54, 1.807) is 6.07 Å². The van der Waals surface area contributed by atoms with Crippen molar-refractivity contribution in [3.8, 4) is 0 Å². The summed E-state index contributed by atoms with van der Waals surface area (Å²) in [4.78, 5) is 4.03. The van der Waals surface area contributed by atoms with Crippen LogP contribution in [-0.4, -0.2) is 29.3 Å². The van der Waals surface area contributed by atoms with E-state index in [0.717, 1.165) is 10.2 Å².